The van der Waals surface area contributed by atoms with Crippen molar-refractivity contribution < 1.29 is 23.5 Å². The van der Waals surface area contributed by atoms with Crippen LogP contribution < -0.4 is 15.8 Å². The zero-order valence-corrected chi connectivity index (χ0v) is 18.7. The molecular formula is C21H32ClFN4O4. The van der Waals surface area contributed by atoms with Gasteiger partial charge in [0.05, 0.1) is 6.61 Å². The van der Waals surface area contributed by atoms with E-state index in [2.05, 4.69) is 10.2 Å². The second kappa shape index (κ2) is 12.1. The molecule has 0 radical (unpaired) electrons. The molecule has 0 unspecified atom stereocenters. The van der Waals surface area contributed by atoms with E-state index in [9.17, 15) is 14.0 Å². The molecule has 3 rings (SSSR count). The van der Waals surface area contributed by atoms with Crippen LogP contribution in [0, 0.1) is 11.7 Å². The van der Waals surface area contributed by atoms with E-state index >= 15 is 0 Å². The van der Waals surface area contributed by atoms with Gasteiger partial charge < -0.3 is 25.4 Å². The molecule has 2 heterocycles. The number of carbonyl (C=O) groups is 2. The Hall–Kier alpha value is -2.10. The fourth-order valence-corrected chi connectivity index (χ4v) is 4.13. The van der Waals surface area contributed by atoms with E-state index < -0.39 is 12.2 Å². The molecule has 8 nitrogen and oxygen atoms in total. The minimum Gasteiger partial charge on any atom is -0.493 e. The maximum atomic E-state index is 14.3. The van der Waals surface area contributed by atoms with Crippen LogP contribution in [-0.4, -0.2) is 73.8 Å². The highest BCUT2D eigenvalue weighted by atomic mass is 35.5. The van der Waals surface area contributed by atoms with Crippen molar-refractivity contribution in [1.82, 2.24) is 15.1 Å². The van der Waals surface area contributed by atoms with Gasteiger partial charge in [0.25, 0.3) is 5.91 Å². The van der Waals surface area contributed by atoms with E-state index in [-0.39, 0.29) is 30.0 Å². The van der Waals surface area contributed by atoms with Crippen LogP contribution in [0.5, 0.6) is 5.75 Å². The Labute approximate surface area is 188 Å². The summed E-state index contributed by atoms with van der Waals surface area (Å²) in [5.74, 6) is 0.0369. The first-order valence-corrected chi connectivity index (χ1v) is 10.6. The predicted octanol–water partition coefficient (Wildman–Crippen LogP) is 1.75. The number of carbonyl (C=O) groups excluding carboxylic acids is 2. The van der Waals surface area contributed by atoms with Crippen molar-refractivity contribution in [2.75, 3.05) is 45.9 Å². The molecule has 2 aliphatic rings. The van der Waals surface area contributed by atoms with Gasteiger partial charge in [-0.1, -0.05) is 6.07 Å². The number of amides is 2. The lowest BCUT2D eigenvalue weighted by Gasteiger charge is -2.38. The van der Waals surface area contributed by atoms with Crippen molar-refractivity contribution in [3.8, 4) is 5.75 Å². The number of piperazine rings is 1. The van der Waals surface area contributed by atoms with Gasteiger partial charge in [0, 0.05) is 44.2 Å². The average Bonchev–Trinajstić information content (AvgIpc) is 2.75. The second-order valence-corrected chi connectivity index (χ2v) is 7.70. The number of benzene rings is 1. The monoisotopic (exact) mass is 458 g/mol. The van der Waals surface area contributed by atoms with E-state index in [1.165, 1.54) is 6.07 Å². The van der Waals surface area contributed by atoms with E-state index in [1.54, 1.807) is 17.0 Å². The fraction of sp³-hybridized carbons (Fsp3) is 0.619. The minimum absolute atomic E-state index is 0. The van der Waals surface area contributed by atoms with Crippen molar-refractivity contribution in [3.63, 3.8) is 0 Å². The Kier molecular flexibility index (Phi) is 9.80. The molecule has 174 valence electrons. The number of piperidine rings is 1. The Balaban J connectivity index is 0.00000341. The molecule has 31 heavy (non-hydrogen) atoms. The topological polar surface area (TPSA) is 97.1 Å². The molecule has 0 spiro atoms. The molecule has 10 heteroatoms. The summed E-state index contributed by atoms with van der Waals surface area (Å²) in [6.45, 7) is 6.50. The van der Waals surface area contributed by atoms with Crippen molar-refractivity contribution >= 4 is 24.4 Å². The molecule has 1 aromatic carbocycles. The van der Waals surface area contributed by atoms with E-state index in [4.69, 9.17) is 15.2 Å². The summed E-state index contributed by atoms with van der Waals surface area (Å²) in [5.41, 5.74) is 5.76. The lowest BCUT2D eigenvalue weighted by atomic mass is 9.91. The minimum atomic E-state index is -0.923. The standard InChI is InChI=1S/C21H31FN4O4.ClH/c1-2-29-18-5-3-4-17(22)16(18)14-25-10-12-26(13-11-25)20(27)19(30-21(23)28)15-6-8-24-9-7-15;/h3-5,15,19,24H,2,6-14H2,1H3,(H2,23,28);1H/t19-;/m1./s1. The lowest BCUT2D eigenvalue weighted by Crippen LogP contribution is -2.54. The summed E-state index contributed by atoms with van der Waals surface area (Å²) < 4.78 is 25.1. The van der Waals surface area contributed by atoms with E-state index in [1.807, 2.05) is 6.92 Å². The molecule has 0 aliphatic carbocycles. The predicted molar refractivity (Wildman–Crippen MR) is 117 cm³/mol. The van der Waals surface area contributed by atoms with Crippen LogP contribution in [0.3, 0.4) is 0 Å². The van der Waals surface area contributed by atoms with Gasteiger partial charge in [-0.15, -0.1) is 12.4 Å². The molecular weight excluding hydrogens is 427 g/mol. The number of primary amides is 1. The van der Waals surface area contributed by atoms with E-state index in [0.29, 0.717) is 50.6 Å². The van der Waals surface area contributed by atoms with Gasteiger partial charge in [-0.3, -0.25) is 9.69 Å². The summed E-state index contributed by atoms with van der Waals surface area (Å²) in [5, 5.41) is 3.24. The van der Waals surface area contributed by atoms with Crippen molar-refractivity contribution in [2.24, 2.45) is 11.7 Å². The molecule has 0 saturated carbocycles. The van der Waals surface area contributed by atoms with Gasteiger partial charge in [0.15, 0.2) is 6.10 Å². The van der Waals surface area contributed by atoms with E-state index in [0.717, 1.165) is 25.9 Å². The SMILES string of the molecule is CCOc1cccc(F)c1CN1CCN(C(=O)[C@H](OC(N)=O)C2CCNCC2)CC1.Cl. The number of rotatable bonds is 7. The molecule has 0 aromatic heterocycles. The first-order chi connectivity index (χ1) is 14.5. The van der Waals surface area contributed by atoms with Crippen molar-refractivity contribution in [3.05, 3.63) is 29.6 Å². The number of halogens is 2. The highest BCUT2D eigenvalue weighted by Gasteiger charge is 2.36. The molecule has 1 atom stereocenters. The summed E-state index contributed by atoms with van der Waals surface area (Å²) in [6, 6.07) is 4.84. The third kappa shape index (κ3) is 6.69. The van der Waals surface area contributed by atoms with Crippen LogP contribution in [0.2, 0.25) is 0 Å². The molecule has 0 bridgehead atoms. The smallest absolute Gasteiger partial charge is 0.405 e. The van der Waals surface area contributed by atoms with Gasteiger partial charge in [-0.25, -0.2) is 9.18 Å². The summed E-state index contributed by atoms with van der Waals surface area (Å²) in [4.78, 5) is 28.3. The van der Waals surface area contributed by atoms with Crippen molar-refractivity contribution in [1.29, 1.82) is 0 Å². The molecule has 2 aliphatic heterocycles. The summed E-state index contributed by atoms with van der Waals surface area (Å²) in [7, 11) is 0. The zero-order valence-electron chi connectivity index (χ0n) is 17.8. The largest absolute Gasteiger partial charge is 0.493 e. The van der Waals surface area contributed by atoms with Crippen LogP contribution in [0.25, 0.3) is 0 Å². The number of nitrogens with zero attached hydrogens (tertiary/aromatic N) is 2. The highest BCUT2D eigenvalue weighted by molar-refractivity contribution is 5.85. The van der Waals surface area contributed by atoms with Gasteiger partial charge >= 0.3 is 6.09 Å². The van der Waals surface area contributed by atoms with Gasteiger partial charge in [-0.05, 0) is 45.0 Å². The van der Waals surface area contributed by atoms with Crippen molar-refractivity contribution in [2.45, 2.75) is 32.4 Å². The van der Waals surface area contributed by atoms with Gasteiger partial charge in [0.2, 0.25) is 0 Å². The fourth-order valence-electron chi connectivity index (χ4n) is 4.13. The Morgan fingerprint density at radius 2 is 1.90 bits per heavy atom. The normalized spacial score (nSPS) is 18.7. The first kappa shape index (κ1) is 25.2. The zero-order chi connectivity index (χ0) is 21.5. The molecule has 2 fully saturated rings. The third-order valence-corrected chi connectivity index (χ3v) is 5.74. The molecule has 2 saturated heterocycles. The van der Waals surface area contributed by atoms with Crippen LogP contribution in [0.1, 0.15) is 25.3 Å². The van der Waals surface area contributed by atoms with Gasteiger partial charge in [-0.2, -0.15) is 0 Å². The molecule has 1 aromatic rings. The number of ether oxygens (including phenoxy) is 2. The molecule has 2 amide bonds. The van der Waals surface area contributed by atoms with Crippen LogP contribution >= 0.6 is 12.4 Å². The number of hydrogen-bond acceptors (Lipinski definition) is 6. The lowest BCUT2D eigenvalue weighted by molar-refractivity contribution is -0.145. The quantitative estimate of drug-likeness (QED) is 0.646. The maximum absolute atomic E-state index is 14.3. The summed E-state index contributed by atoms with van der Waals surface area (Å²) in [6.07, 6.45) is -0.241. The summed E-state index contributed by atoms with van der Waals surface area (Å²) >= 11 is 0. The highest BCUT2D eigenvalue weighted by Crippen LogP contribution is 2.25. The number of nitrogens with two attached hydrogens (primary N) is 1. The van der Waals surface area contributed by atoms with Gasteiger partial charge in [0.1, 0.15) is 11.6 Å². The first-order valence-electron chi connectivity index (χ1n) is 10.6. The average molecular weight is 459 g/mol. The third-order valence-electron chi connectivity index (χ3n) is 5.74. The van der Waals surface area contributed by atoms with Crippen LogP contribution in [0.4, 0.5) is 9.18 Å². The molecule has 3 N–H and O–H groups in total. The maximum Gasteiger partial charge on any atom is 0.405 e. The Bertz CT molecular complexity index is 740. The number of nitrogens with one attached hydrogen (secondary N) is 1. The Morgan fingerprint density at radius 3 is 2.52 bits per heavy atom. The number of hydrogen-bond donors (Lipinski definition) is 2. The Morgan fingerprint density at radius 1 is 1.23 bits per heavy atom. The second-order valence-electron chi connectivity index (χ2n) is 7.70. The van der Waals surface area contributed by atoms with Crippen LogP contribution in [0.15, 0.2) is 18.2 Å². The van der Waals surface area contributed by atoms with Crippen LogP contribution in [-0.2, 0) is 16.1 Å².